The molecule has 0 saturated carbocycles. The van der Waals surface area contributed by atoms with Gasteiger partial charge in [-0.1, -0.05) is 30.3 Å². The molecule has 2 N–H and O–H groups in total. The zero-order chi connectivity index (χ0) is 14.3. The molecule has 102 valence electrons. The fraction of sp³-hybridized carbons (Fsp3) is 0.188. The summed E-state index contributed by atoms with van der Waals surface area (Å²) in [4.78, 5) is 12.4. The van der Waals surface area contributed by atoms with Gasteiger partial charge < -0.3 is 10.6 Å². The molecule has 3 nitrogen and oxygen atoms in total. The number of amides is 1. The van der Waals surface area contributed by atoms with Crippen LogP contribution in [-0.4, -0.2) is 5.91 Å². The largest absolute Gasteiger partial charge is 0.366 e. The van der Waals surface area contributed by atoms with Crippen molar-refractivity contribution in [1.82, 2.24) is 0 Å². The van der Waals surface area contributed by atoms with Crippen LogP contribution in [0.3, 0.4) is 0 Å². The molecule has 4 heteroatoms. The molecule has 0 aromatic heterocycles. The predicted molar refractivity (Wildman–Crippen MR) is 77.2 cm³/mol. The second-order valence-corrected chi connectivity index (χ2v) is 5.22. The third-order valence-electron chi connectivity index (χ3n) is 3.74. The summed E-state index contributed by atoms with van der Waals surface area (Å²) in [7, 11) is 0. The zero-order valence-electron chi connectivity index (χ0n) is 11.3. The third kappa shape index (κ3) is 1.84. The Kier molecular flexibility index (Phi) is 2.74. The summed E-state index contributed by atoms with van der Waals surface area (Å²) in [6.45, 7) is 3.52. The Morgan fingerprint density at radius 3 is 2.50 bits per heavy atom. The monoisotopic (exact) mass is 270 g/mol. The van der Waals surface area contributed by atoms with E-state index in [1.807, 2.05) is 37.3 Å². The summed E-state index contributed by atoms with van der Waals surface area (Å²) in [5, 5.41) is 6.00. The van der Waals surface area contributed by atoms with Gasteiger partial charge in [0.25, 0.3) is 5.91 Å². The van der Waals surface area contributed by atoms with E-state index in [1.54, 1.807) is 13.0 Å². The fourth-order valence-electron chi connectivity index (χ4n) is 2.44. The molecule has 0 bridgehead atoms. The summed E-state index contributed by atoms with van der Waals surface area (Å²) in [6, 6.07) is 12.5. The van der Waals surface area contributed by atoms with Gasteiger partial charge in [-0.3, -0.25) is 4.79 Å². The van der Waals surface area contributed by atoms with Gasteiger partial charge in [0.15, 0.2) is 0 Å². The Morgan fingerprint density at radius 1 is 1.10 bits per heavy atom. The molecule has 1 unspecified atom stereocenters. The number of rotatable bonds is 1. The van der Waals surface area contributed by atoms with Gasteiger partial charge in [0.05, 0.1) is 11.4 Å². The number of anilines is 2. The van der Waals surface area contributed by atoms with Crippen molar-refractivity contribution in [1.29, 1.82) is 0 Å². The Hall–Kier alpha value is -2.36. The molecule has 1 amide bonds. The van der Waals surface area contributed by atoms with Crippen molar-refractivity contribution in [2.75, 3.05) is 10.6 Å². The maximum atomic E-state index is 13.6. The minimum Gasteiger partial charge on any atom is -0.366 e. The van der Waals surface area contributed by atoms with E-state index in [4.69, 9.17) is 0 Å². The molecule has 2 aromatic carbocycles. The van der Waals surface area contributed by atoms with Crippen molar-refractivity contribution in [3.05, 3.63) is 59.4 Å². The van der Waals surface area contributed by atoms with Crippen LogP contribution in [-0.2, 0) is 10.3 Å². The van der Waals surface area contributed by atoms with Crippen LogP contribution in [0.25, 0.3) is 0 Å². The minimum absolute atomic E-state index is 0.195. The fourth-order valence-corrected chi connectivity index (χ4v) is 2.44. The lowest BCUT2D eigenvalue weighted by atomic mass is 9.88. The molecule has 0 aliphatic carbocycles. The number of carbonyl (C=O) groups excluding carboxylic acids is 1. The first-order valence-corrected chi connectivity index (χ1v) is 6.46. The van der Waals surface area contributed by atoms with Crippen molar-refractivity contribution >= 4 is 17.3 Å². The third-order valence-corrected chi connectivity index (χ3v) is 3.74. The molecule has 1 atom stereocenters. The molecule has 1 heterocycles. The number of benzene rings is 2. The Labute approximate surface area is 116 Å². The van der Waals surface area contributed by atoms with E-state index < -0.39 is 5.54 Å². The first-order valence-electron chi connectivity index (χ1n) is 6.46. The van der Waals surface area contributed by atoms with Gasteiger partial charge in [-0.15, -0.1) is 0 Å². The summed E-state index contributed by atoms with van der Waals surface area (Å²) in [6.07, 6.45) is 0. The Bertz CT molecular complexity index is 684. The van der Waals surface area contributed by atoms with E-state index in [-0.39, 0.29) is 11.7 Å². The number of fused-ring (bicyclic) bond motifs is 1. The molecule has 0 saturated heterocycles. The minimum atomic E-state index is -0.863. The van der Waals surface area contributed by atoms with Crippen LogP contribution < -0.4 is 10.6 Å². The van der Waals surface area contributed by atoms with Crippen LogP contribution in [0.2, 0.25) is 0 Å². The number of aryl methyl sites for hydroxylation is 1. The maximum Gasteiger partial charge on any atom is 0.254 e. The molecule has 0 fully saturated rings. The number of nitrogens with one attached hydrogen (secondary N) is 2. The molecule has 1 aliphatic heterocycles. The maximum absolute atomic E-state index is 13.6. The summed E-state index contributed by atoms with van der Waals surface area (Å²) < 4.78 is 13.6. The van der Waals surface area contributed by atoms with E-state index in [0.717, 1.165) is 11.3 Å². The summed E-state index contributed by atoms with van der Waals surface area (Å²) >= 11 is 0. The SMILES string of the molecule is Cc1cc2c(cc1F)NC(=O)C(C)(c1ccccc1)N2. The molecular formula is C16H15FN2O. The number of hydrogen-bond donors (Lipinski definition) is 2. The van der Waals surface area contributed by atoms with Crippen molar-refractivity contribution in [3.8, 4) is 0 Å². The lowest BCUT2D eigenvalue weighted by Gasteiger charge is -2.36. The lowest BCUT2D eigenvalue weighted by molar-refractivity contribution is -0.120. The molecular weight excluding hydrogens is 255 g/mol. The second kappa shape index (κ2) is 4.34. The standard InChI is InChI=1S/C16H15FN2O/c1-10-8-14-13(9-12(10)17)18-15(20)16(2,19-14)11-6-4-3-5-7-11/h3-9,19H,1-2H3,(H,18,20). The first kappa shape index (κ1) is 12.7. The van der Waals surface area contributed by atoms with Crippen molar-refractivity contribution in [2.24, 2.45) is 0 Å². The molecule has 2 aromatic rings. The summed E-state index contributed by atoms with van der Waals surface area (Å²) in [5.74, 6) is -0.520. The molecule has 0 radical (unpaired) electrons. The van der Waals surface area contributed by atoms with Crippen LogP contribution in [0.5, 0.6) is 0 Å². The lowest BCUT2D eigenvalue weighted by Crippen LogP contribution is -2.47. The summed E-state index contributed by atoms with van der Waals surface area (Å²) in [5.41, 5.74) is 1.76. The van der Waals surface area contributed by atoms with Crippen LogP contribution >= 0.6 is 0 Å². The molecule has 1 aliphatic rings. The average Bonchev–Trinajstić information content (AvgIpc) is 2.44. The van der Waals surface area contributed by atoms with Gasteiger partial charge in [-0.25, -0.2) is 4.39 Å². The highest BCUT2D eigenvalue weighted by Crippen LogP contribution is 2.37. The van der Waals surface area contributed by atoms with Crippen LogP contribution in [0.4, 0.5) is 15.8 Å². The van der Waals surface area contributed by atoms with E-state index in [1.165, 1.54) is 6.07 Å². The number of carbonyl (C=O) groups is 1. The number of hydrogen-bond acceptors (Lipinski definition) is 2. The quantitative estimate of drug-likeness (QED) is 0.833. The van der Waals surface area contributed by atoms with Crippen LogP contribution in [0.1, 0.15) is 18.1 Å². The van der Waals surface area contributed by atoms with Gasteiger partial charge in [-0.2, -0.15) is 0 Å². The van der Waals surface area contributed by atoms with E-state index in [9.17, 15) is 9.18 Å². The Balaban J connectivity index is 2.09. The zero-order valence-corrected chi connectivity index (χ0v) is 11.3. The van der Waals surface area contributed by atoms with Crippen molar-refractivity contribution in [3.63, 3.8) is 0 Å². The topological polar surface area (TPSA) is 41.1 Å². The smallest absolute Gasteiger partial charge is 0.254 e. The highest BCUT2D eigenvalue weighted by atomic mass is 19.1. The first-order chi connectivity index (χ1) is 9.50. The Morgan fingerprint density at radius 2 is 1.80 bits per heavy atom. The number of halogens is 1. The van der Waals surface area contributed by atoms with Gasteiger partial charge in [-0.05, 0) is 37.1 Å². The van der Waals surface area contributed by atoms with Gasteiger partial charge >= 0.3 is 0 Å². The highest BCUT2D eigenvalue weighted by molar-refractivity contribution is 6.06. The second-order valence-electron chi connectivity index (χ2n) is 5.22. The normalized spacial score (nSPS) is 20.9. The van der Waals surface area contributed by atoms with E-state index in [2.05, 4.69) is 10.6 Å². The highest BCUT2D eigenvalue weighted by Gasteiger charge is 2.39. The van der Waals surface area contributed by atoms with Gasteiger partial charge in [0.2, 0.25) is 0 Å². The van der Waals surface area contributed by atoms with E-state index >= 15 is 0 Å². The molecule has 20 heavy (non-hydrogen) atoms. The van der Waals surface area contributed by atoms with Crippen molar-refractivity contribution < 1.29 is 9.18 Å². The molecule has 3 rings (SSSR count). The van der Waals surface area contributed by atoms with Gasteiger partial charge in [0.1, 0.15) is 11.4 Å². The predicted octanol–water partition coefficient (Wildman–Crippen LogP) is 3.41. The van der Waals surface area contributed by atoms with Crippen LogP contribution in [0, 0.1) is 12.7 Å². The van der Waals surface area contributed by atoms with Crippen molar-refractivity contribution in [2.45, 2.75) is 19.4 Å². The van der Waals surface area contributed by atoms with Crippen LogP contribution in [0.15, 0.2) is 42.5 Å². The van der Waals surface area contributed by atoms with E-state index in [0.29, 0.717) is 11.3 Å². The van der Waals surface area contributed by atoms with Gasteiger partial charge in [0, 0.05) is 0 Å². The molecule has 0 spiro atoms. The average molecular weight is 270 g/mol.